The lowest BCUT2D eigenvalue weighted by Gasteiger charge is -2.43. The minimum absolute atomic E-state index is 0.106. The van der Waals surface area contributed by atoms with Crippen molar-refractivity contribution in [2.24, 2.45) is 12.9 Å². The average molecular weight is 314 g/mol. The van der Waals surface area contributed by atoms with E-state index in [4.69, 9.17) is 17.4 Å². The summed E-state index contributed by atoms with van der Waals surface area (Å²) in [5, 5.41) is 5.31. The molecule has 1 aromatic rings. The smallest absolute Gasteiger partial charge is 0.0850 e. The Hall–Kier alpha value is -0.620. The van der Waals surface area contributed by atoms with Crippen LogP contribution in [-0.4, -0.2) is 40.4 Å². The van der Waals surface area contributed by atoms with Gasteiger partial charge < -0.3 is 4.90 Å². The van der Waals surface area contributed by atoms with E-state index in [2.05, 4.69) is 36.4 Å². The molecule has 0 saturated heterocycles. The first-order valence-corrected chi connectivity index (χ1v) is 8.18. The van der Waals surface area contributed by atoms with Gasteiger partial charge in [0.1, 0.15) is 0 Å². The Balaban J connectivity index is 2.29. The Morgan fingerprint density at radius 2 is 2.05 bits per heavy atom. The van der Waals surface area contributed by atoms with Gasteiger partial charge in [-0.2, -0.15) is 5.10 Å². The van der Waals surface area contributed by atoms with Crippen molar-refractivity contribution in [3.05, 3.63) is 16.4 Å². The van der Waals surface area contributed by atoms with Gasteiger partial charge in [-0.1, -0.05) is 31.4 Å². The summed E-state index contributed by atoms with van der Waals surface area (Å²) in [6.45, 7) is 2.08. The molecule has 0 spiro atoms. The van der Waals surface area contributed by atoms with Crippen LogP contribution < -0.4 is 11.3 Å². The van der Waals surface area contributed by atoms with Crippen molar-refractivity contribution >= 4 is 11.6 Å². The van der Waals surface area contributed by atoms with Crippen LogP contribution in [0.3, 0.4) is 0 Å². The van der Waals surface area contributed by atoms with Crippen LogP contribution in [0.1, 0.15) is 44.0 Å². The van der Waals surface area contributed by atoms with Crippen molar-refractivity contribution in [3.63, 3.8) is 0 Å². The van der Waals surface area contributed by atoms with Crippen LogP contribution in [0.4, 0.5) is 0 Å². The van der Waals surface area contributed by atoms with Gasteiger partial charge in [0.25, 0.3) is 0 Å². The zero-order chi connectivity index (χ0) is 15.6. The lowest BCUT2D eigenvalue weighted by Crippen LogP contribution is -2.60. The maximum atomic E-state index is 6.50. The fourth-order valence-corrected chi connectivity index (χ4v) is 4.10. The molecule has 5 nitrogen and oxygen atoms in total. The molecule has 1 heterocycles. The maximum Gasteiger partial charge on any atom is 0.0850 e. The Morgan fingerprint density at radius 3 is 2.48 bits per heavy atom. The van der Waals surface area contributed by atoms with Gasteiger partial charge in [0, 0.05) is 25.0 Å². The third-order valence-electron chi connectivity index (χ3n) is 5.11. The molecule has 0 radical (unpaired) electrons. The minimum Gasteiger partial charge on any atom is -0.302 e. The number of aromatic nitrogens is 2. The predicted molar refractivity (Wildman–Crippen MR) is 87.3 cm³/mol. The van der Waals surface area contributed by atoms with Gasteiger partial charge in [-0.05, 0) is 33.4 Å². The third-order valence-corrected chi connectivity index (χ3v) is 5.55. The molecule has 1 saturated carbocycles. The molecule has 1 unspecified atom stereocenters. The topological polar surface area (TPSA) is 59.1 Å². The highest BCUT2D eigenvalue weighted by molar-refractivity contribution is 6.31. The molecule has 0 aliphatic heterocycles. The highest BCUT2D eigenvalue weighted by Gasteiger charge is 2.43. The molecule has 120 valence electrons. The fourth-order valence-electron chi connectivity index (χ4n) is 3.73. The number of aryl methyl sites for hydroxylation is 2. The standard InChI is InChI=1S/C15H28ClN5/c1-5-11-14(16)12(21(4)19-11)10-13(18-17)15(20(2)3)8-6-7-9-15/h13,18H,5-10,17H2,1-4H3. The SMILES string of the molecule is CCc1nn(C)c(CC(NN)C2(N(C)C)CCCC2)c1Cl. The molecule has 1 aliphatic carbocycles. The van der Waals surface area contributed by atoms with Crippen LogP contribution in [0.15, 0.2) is 0 Å². The normalized spacial score (nSPS) is 19.4. The van der Waals surface area contributed by atoms with Gasteiger partial charge in [0.2, 0.25) is 0 Å². The van der Waals surface area contributed by atoms with Crippen LogP contribution in [0.25, 0.3) is 0 Å². The molecule has 2 rings (SSSR count). The summed E-state index contributed by atoms with van der Waals surface area (Å²) in [6.07, 6.45) is 6.52. The zero-order valence-electron chi connectivity index (χ0n) is 13.6. The van der Waals surface area contributed by atoms with E-state index in [9.17, 15) is 0 Å². The first-order chi connectivity index (χ1) is 9.96. The monoisotopic (exact) mass is 313 g/mol. The molecule has 1 aromatic heterocycles. The van der Waals surface area contributed by atoms with Crippen LogP contribution in [0, 0.1) is 0 Å². The molecule has 0 aromatic carbocycles. The van der Waals surface area contributed by atoms with Crippen LogP contribution >= 0.6 is 11.6 Å². The van der Waals surface area contributed by atoms with E-state index < -0.39 is 0 Å². The summed E-state index contributed by atoms with van der Waals surface area (Å²) in [7, 11) is 6.26. The molecular formula is C15H28ClN5. The first-order valence-electron chi connectivity index (χ1n) is 7.80. The zero-order valence-corrected chi connectivity index (χ0v) is 14.4. The van der Waals surface area contributed by atoms with Gasteiger partial charge in [-0.3, -0.25) is 16.0 Å². The van der Waals surface area contributed by atoms with E-state index in [0.29, 0.717) is 0 Å². The average Bonchev–Trinajstić information content (AvgIpc) is 3.04. The van der Waals surface area contributed by atoms with Gasteiger partial charge in [0.15, 0.2) is 0 Å². The van der Waals surface area contributed by atoms with E-state index in [1.54, 1.807) is 0 Å². The van der Waals surface area contributed by atoms with E-state index in [1.165, 1.54) is 25.7 Å². The largest absolute Gasteiger partial charge is 0.302 e. The number of nitrogens with two attached hydrogens (primary N) is 1. The number of halogens is 1. The first kappa shape index (κ1) is 16.7. The number of rotatable bonds is 6. The molecule has 1 fully saturated rings. The molecule has 6 heteroatoms. The highest BCUT2D eigenvalue weighted by Crippen LogP contribution is 2.38. The Kier molecular flexibility index (Phi) is 5.30. The Labute approximate surface area is 132 Å². The number of nitrogens with one attached hydrogen (secondary N) is 1. The van der Waals surface area contributed by atoms with Gasteiger partial charge in [-0.15, -0.1) is 0 Å². The molecule has 3 N–H and O–H groups in total. The van der Waals surface area contributed by atoms with Crippen LogP contribution in [0.5, 0.6) is 0 Å². The second-order valence-electron chi connectivity index (χ2n) is 6.31. The fraction of sp³-hybridized carbons (Fsp3) is 0.800. The van der Waals surface area contributed by atoms with E-state index in [-0.39, 0.29) is 11.6 Å². The van der Waals surface area contributed by atoms with E-state index in [0.717, 1.165) is 29.3 Å². The van der Waals surface area contributed by atoms with Crippen LogP contribution in [-0.2, 0) is 19.9 Å². The second kappa shape index (κ2) is 6.65. The Morgan fingerprint density at radius 1 is 1.43 bits per heavy atom. The van der Waals surface area contributed by atoms with Crippen LogP contribution in [0.2, 0.25) is 5.02 Å². The number of hydrogen-bond acceptors (Lipinski definition) is 4. The summed E-state index contributed by atoms with van der Waals surface area (Å²) in [5.74, 6) is 5.91. The van der Waals surface area contributed by atoms with Crippen molar-refractivity contribution < 1.29 is 0 Å². The quantitative estimate of drug-likeness (QED) is 0.622. The predicted octanol–water partition coefficient (Wildman–Crippen LogP) is 1.88. The van der Waals surface area contributed by atoms with Crippen molar-refractivity contribution in [1.82, 2.24) is 20.1 Å². The van der Waals surface area contributed by atoms with Gasteiger partial charge >= 0.3 is 0 Å². The molecule has 1 aliphatic rings. The van der Waals surface area contributed by atoms with Crippen molar-refractivity contribution in [2.75, 3.05) is 14.1 Å². The third kappa shape index (κ3) is 2.97. The molecule has 21 heavy (non-hydrogen) atoms. The Bertz CT molecular complexity index is 477. The van der Waals surface area contributed by atoms with E-state index >= 15 is 0 Å². The number of likely N-dealkylation sites (N-methyl/N-ethyl adjacent to an activating group) is 1. The highest BCUT2D eigenvalue weighted by atomic mass is 35.5. The number of hydrogen-bond donors (Lipinski definition) is 2. The lowest BCUT2D eigenvalue weighted by atomic mass is 9.84. The molecule has 1 atom stereocenters. The molecule has 0 bridgehead atoms. The maximum absolute atomic E-state index is 6.50. The summed E-state index contributed by atoms with van der Waals surface area (Å²) in [6, 6.07) is 0.174. The second-order valence-corrected chi connectivity index (χ2v) is 6.69. The lowest BCUT2D eigenvalue weighted by molar-refractivity contribution is 0.103. The molecular weight excluding hydrogens is 286 g/mol. The summed E-state index contributed by atoms with van der Waals surface area (Å²) < 4.78 is 1.91. The number of nitrogens with zero attached hydrogens (tertiary/aromatic N) is 3. The minimum atomic E-state index is 0.106. The van der Waals surface area contributed by atoms with Crippen molar-refractivity contribution in [1.29, 1.82) is 0 Å². The van der Waals surface area contributed by atoms with Gasteiger partial charge in [-0.25, -0.2) is 0 Å². The number of hydrazine groups is 1. The summed E-state index contributed by atoms with van der Waals surface area (Å²) in [4.78, 5) is 2.33. The molecule has 0 amide bonds. The summed E-state index contributed by atoms with van der Waals surface area (Å²) in [5.41, 5.74) is 5.20. The van der Waals surface area contributed by atoms with Crippen molar-refractivity contribution in [3.8, 4) is 0 Å². The van der Waals surface area contributed by atoms with Crippen molar-refractivity contribution in [2.45, 2.75) is 57.0 Å². The van der Waals surface area contributed by atoms with Gasteiger partial charge in [0.05, 0.1) is 16.4 Å². The summed E-state index contributed by atoms with van der Waals surface area (Å²) >= 11 is 6.50. The van der Waals surface area contributed by atoms with E-state index in [1.807, 2.05) is 11.7 Å².